The highest BCUT2D eigenvalue weighted by molar-refractivity contribution is 5.94. The topological polar surface area (TPSA) is 78.9 Å². The van der Waals surface area contributed by atoms with E-state index in [0.717, 1.165) is 42.7 Å². The number of allylic oxidation sites excluding steroid dienone is 5. The van der Waals surface area contributed by atoms with Crippen LogP contribution in [0, 0.1) is 0 Å². The van der Waals surface area contributed by atoms with E-state index in [-0.39, 0.29) is 5.70 Å². The summed E-state index contributed by atoms with van der Waals surface area (Å²) in [7, 11) is 2.07. The van der Waals surface area contributed by atoms with E-state index in [1.165, 1.54) is 17.7 Å². The zero-order valence-corrected chi connectivity index (χ0v) is 19.3. The third kappa shape index (κ3) is 4.16. The highest BCUT2D eigenvalue weighted by Gasteiger charge is 2.31. The second-order valence-electron chi connectivity index (χ2n) is 9.16. The molecule has 2 N–H and O–H groups in total. The molecule has 3 aromatic heterocycles. The molecule has 3 aliphatic rings. The van der Waals surface area contributed by atoms with Crippen molar-refractivity contribution in [3.63, 3.8) is 0 Å². The lowest BCUT2D eigenvalue weighted by Gasteiger charge is -2.37. The van der Waals surface area contributed by atoms with Crippen molar-refractivity contribution >= 4 is 22.5 Å². The van der Waals surface area contributed by atoms with E-state index in [0.29, 0.717) is 35.6 Å². The van der Waals surface area contributed by atoms with Gasteiger partial charge in [0.15, 0.2) is 5.82 Å². The highest BCUT2D eigenvalue weighted by Crippen LogP contribution is 2.45. The SMILES string of the molecule is CN(c1nc(-c2ccnc(NC3=C(F)C=CCC=C3F)c2)nc2cncc(C3CC3)c12)C1CNC1. The van der Waals surface area contributed by atoms with E-state index in [9.17, 15) is 8.78 Å². The first-order chi connectivity index (χ1) is 17.1. The van der Waals surface area contributed by atoms with E-state index in [2.05, 4.69) is 32.5 Å². The molecule has 0 radical (unpaired) electrons. The minimum absolute atomic E-state index is 0.237. The molecule has 0 aromatic carbocycles. The number of anilines is 2. The fraction of sp³-hybridized carbons (Fsp3) is 0.308. The number of hydrogen-bond acceptors (Lipinski definition) is 7. The average Bonchev–Trinajstić information content (AvgIpc) is 3.69. The summed E-state index contributed by atoms with van der Waals surface area (Å²) in [5, 5.41) is 7.16. The molecule has 4 heterocycles. The maximum atomic E-state index is 14.4. The van der Waals surface area contributed by atoms with Gasteiger partial charge >= 0.3 is 0 Å². The number of aromatic nitrogens is 4. The Hall–Kier alpha value is -3.72. The molecule has 178 valence electrons. The third-order valence-corrected chi connectivity index (χ3v) is 6.72. The van der Waals surface area contributed by atoms with Gasteiger partial charge in [-0.15, -0.1) is 0 Å². The van der Waals surface area contributed by atoms with E-state index in [4.69, 9.17) is 9.97 Å². The van der Waals surface area contributed by atoms with Gasteiger partial charge in [-0.25, -0.2) is 23.7 Å². The van der Waals surface area contributed by atoms with Crippen LogP contribution in [0.2, 0.25) is 0 Å². The molecule has 2 aliphatic carbocycles. The van der Waals surface area contributed by atoms with Crippen LogP contribution in [-0.4, -0.2) is 46.1 Å². The van der Waals surface area contributed by atoms with Crippen LogP contribution < -0.4 is 15.5 Å². The van der Waals surface area contributed by atoms with Crippen LogP contribution in [-0.2, 0) is 0 Å². The summed E-state index contributed by atoms with van der Waals surface area (Å²) in [6.45, 7) is 1.80. The number of rotatable bonds is 6. The Kier molecular flexibility index (Phi) is 5.49. The quantitative estimate of drug-likeness (QED) is 0.534. The van der Waals surface area contributed by atoms with Crippen LogP contribution in [0.1, 0.15) is 30.7 Å². The van der Waals surface area contributed by atoms with Crippen LogP contribution in [0.4, 0.5) is 20.4 Å². The fourth-order valence-corrected chi connectivity index (χ4v) is 4.43. The van der Waals surface area contributed by atoms with Crippen LogP contribution >= 0.6 is 0 Å². The van der Waals surface area contributed by atoms with E-state index in [1.807, 2.05) is 6.20 Å². The summed E-state index contributed by atoms with van der Waals surface area (Å²) in [6.07, 6.45) is 12.1. The standard InChI is InChI=1S/C26H25F2N7/c1-35(17-11-29-12-17)26-23-18(15-6-7-15)13-30-14-21(23)32-25(34-26)16-8-9-31-22(10-16)33-24-19(27)4-2-3-5-20(24)28/h2,4-5,8-10,13-15,17,29H,3,6-7,11-12H2,1H3,(H,31,33). The van der Waals surface area contributed by atoms with Gasteiger partial charge in [-0.2, -0.15) is 0 Å². The first-order valence-electron chi connectivity index (χ1n) is 11.8. The maximum absolute atomic E-state index is 14.4. The number of likely N-dealkylation sites (N-methyl/N-ethyl adjacent to an activating group) is 1. The zero-order chi connectivity index (χ0) is 23.9. The maximum Gasteiger partial charge on any atom is 0.162 e. The summed E-state index contributed by atoms with van der Waals surface area (Å²) >= 11 is 0. The lowest BCUT2D eigenvalue weighted by molar-refractivity contribution is 0.427. The highest BCUT2D eigenvalue weighted by atomic mass is 19.1. The first-order valence-corrected chi connectivity index (χ1v) is 11.8. The number of nitrogens with one attached hydrogen (secondary N) is 2. The summed E-state index contributed by atoms with van der Waals surface area (Å²) < 4.78 is 28.8. The third-order valence-electron chi connectivity index (χ3n) is 6.72. The molecule has 0 spiro atoms. The Bertz CT molecular complexity index is 1390. The molecule has 7 nitrogen and oxygen atoms in total. The van der Waals surface area contributed by atoms with Gasteiger partial charge in [0.25, 0.3) is 0 Å². The Labute approximate surface area is 201 Å². The van der Waals surface area contributed by atoms with Crippen molar-refractivity contribution in [2.24, 2.45) is 0 Å². The van der Waals surface area contributed by atoms with Crippen LogP contribution in [0.5, 0.6) is 0 Å². The summed E-state index contributed by atoms with van der Waals surface area (Å²) in [6, 6.07) is 3.85. The van der Waals surface area contributed by atoms with Crippen molar-refractivity contribution in [1.29, 1.82) is 0 Å². The van der Waals surface area contributed by atoms with E-state index < -0.39 is 11.7 Å². The van der Waals surface area contributed by atoms with Gasteiger partial charge in [0, 0.05) is 43.5 Å². The van der Waals surface area contributed by atoms with E-state index >= 15 is 0 Å². The Morgan fingerprint density at radius 1 is 1.14 bits per heavy atom. The van der Waals surface area contributed by atoms with Crippen LogP contribution in [0.15, 0.2) is 66.3 Å². The van der Waals surface area contributed by atoms with Crippen molar-refractivity contribution in [3.05, 3.63) is 71.9 Å². The van der Waals surface area contributed by atoms with Gasteiger partial charge in [-0.05, 0) is 55.0 Å². The van der Waals surface area contributed by atoms with Crippen LogP contribution in [0.25, 0.3) is 22.3 Å². The molecule has 0 unspecified atom stereocenters. The molecule has 1 saturated carbocycles. The molecular weight excluding hydrogens is 448 g/mol. The number of pyridine rings is 2. The van der Waals surface area contributed by atoms with Gasteiger partial charge in [0.05, 0.1) is 17.8 Å². The zero-order valence-electron chi connectivity index (χ0n) is 19.3. The predicted octanol–water partition coefficient (Wildman–Crippen LogP) is 4.78. The Morgan fingerprint density at radius 2 is 2.00 bits per heavy atom. The van der Waals surface area contributed by atoms with E-state index in [1.54, 1.807) is 30.6 Å². The minimum atomic E-state index is -0.679. The second-order valence-corrected chi connectivity index (χ2v) is 9.16. The average molecular weight is 474 g/mol. The van der Waals surface area contributed by atoms with Crippen molar-refractivity contribution < 1.29 is 8.78 Å². The van der Waals surface area contributed by atoms with Gasteiger partial charge in [0.1, 0.15) is 29.0 Å². The minimum Gasteiger partial charge on any atom is -0.353 e. The first kappa shape index (κ1) is 21.8. The number of fused-ring (bicyclic) bond motifs is 1. The monoisotopic (exact) mass is 473 g/mol. The Morgan fingerprint density at radius 3 is 2.77 bits per heavy atom. The molecule has 1 aliphatic heterocycles. The predicted molar refractivity (Wildman–Crippen MR) is 132 cm³/mol. The Balaban J connectivity index is 1.43. The van der Waals surface area contributed by atoms with Gasteiger partial charge in [0.2, 0.25) is 0 Å². The molecule has 9 heteroatoms. The van der Waals surface area contributed by atoms with Gasteiger partial charge in [-0.1, -0.05) is 6.08 Å². The fourth-order valence-electron chi connectivity index (χ4n) is 4.43. The number of halogens is 2. The van der Waals surface area contributed by atoms with Crippen molar-refractivity contribution in [2.45, 2.75) is 31.2 Å². The van der Waals surface area contributed by atoms with Gasteiger partial charge < -0.3 is 15.5 Å². The van der Waals surface area contributed by atoms with Crippen molar-refractivity contribution in [3.8, 4) is 11.4 Å². The molecule has 0 atom stereocenters. The largest absolute Gasteiger partial charge is 0.353 e. The molecule has 35 heavy (non-hydrogen) atoms. The molecule has 0 bridgehead atoms. The number of nitrogens with zero attached hydrogens (tertiary/aromatic N) is 5. The van der Waals surface area contributed by atoms with Crippen LogP contribution in [0.3, 0.4) is 0 Å². The molecule has 6 rings (SSSR count). The summed E-state index contributed by atoms with van der Waals surface area (Å²) in [5.74, 6) is 0.865. The molecule has 2 fully saturated rings. The molecule has 0 amide bonds. The molecule has 3 aromatic rings. The molecular formula is C26H25F2N7. The summed E-state index contributed by atoms with van der Waals surface area (Å²) in [5.41, 5.74) is 2.44. The lowest BCUT2D eigenvalue weighted by atomic mass is 10.1. The smallest absolute Gasteiger partial charge is 0.162 e. The van der Waals surface area contributed by atoms with Crippen molar-refractivity contribution in [1.82, 2.24) is 25.3 Å². The number of hydrogen-bond donors (Lipinski definition) is 2. The van der Waals surface area contributed by atoms with Gasteiger partial charge in [-0.3, -0.25) is 4.98 Å². The van der Waals surface area contributed by atoms with Crippen molar-refractivity contribution in [2.75, 3.05) is 30.4 Å². The summed E-state index contributed by atoms with van der Waals surface area (Å²) in [4.78, 5) is 20.8. The normalized spacial score (nSPS) is 18.3. The second kappa shape index (κ2) is 8.81. The lowest BCUT2D eigenvalue weighted by Crippen LogP contribution is -2.56. The molecule has 1 saturated heterocycles.